The number of hydrogen-bond acceptors (Lipinski definition) is 6. The highest BCUT2D eigenvalue weighted by Gasteiger charge is 2.24. The highest BCUT2D eigenvalue weighted by atomic mass is 15.2. The van der Waals surface area contributed by atoms with Crippen molar-refractivity contribution in [1.82, 2.24) is 19.8 Å². The quantitative estimate of drug-likeness (QED) is 0.408. The summed E-state index contributed by atoms with van der Waals surface area (Å²) in [5, 5.41) is 1.09. The average molecular weight is 467 g/mol. The van der Waals surface area contributed by atoms with Crippen LogP contribution in [-0.2, 0) is 6.54 Å². The van der Waals surface area contributed by atoms with Gasteiger partial charge in [-0.2, -0.15) is 0 Å². The normalized spacial score (nSPS) is 16.4. The number of aromatic nitrogens is 2. The van der Waals surface area contributed by atoms with Crippen molar-refractivity contribution in [1.29, 1.82) is 0 Å². The summed E-state index contributed by atoms with van der Waals surface area (Å²) in [6, 6.07) is 15.1. The minimum atomic E-state index is 0.629. The Morgan fingerprint density at radius 2 is 1.74 bits per heavy atom. The maximum atomic E-state index is 6.70. The van der Waals surface area contributed by atoms with Crippen molar-refractivity contribution in [3.8, 4) is 22.4 Å². The topological polar surface area (TPSA) is 84.3 Å². The van der Waals surface area contributed by atoms with E-state index in [0.29, 0.717) is 6.04 Å². The Kier molecular flexibility index (Phi) is 6.17. The van der Waals surface area contributed by atoms with Gasteiger partial charge in [-0.05, 0) is 80.4 Å². The van der Waals surface area contributed by atoms with Crippen LogP contribution in [0.15, 0.2) is 54.9 Å². The fraction of sp³-hybridized carbons (Fsp3) is 0.310. The van der Waals surface area contributed by atoms with Crippen LogP contribution in [0.4, 0.5) is 11.4 Å². The molecule has 0 amide bonds. The van der Waals surface area contributed by atoms with E-state index in [1.54, 1.807) is 0 Å². The van der Waals surface area contributed by atoms with Gasteiger partial charge >= 0.3 is 0 Å². The molecule has 6 heteroatoms. The second-order valence-electron chi connectivity index (χ2n) is 9.94. The van der Waals surface area contributed by atoms with Crippen molar-refractivity contribution < 1.29 is 0 Å². The molecule has 0 saturated carbocycles. The van der Waals surface area contributed by atoms with Crippen molar-refractivity contribution in [2.24, 2.45) is 0 Å². The lowest BCUT2D eigenvalue weighted by atomic mass is 9.92. The van der Waals surface area contributed by atoms with Crippen LogP contribution in [-0.4, -0.2) is 53.0 Å². The van der Waals surface area contributed by atoms with Gasteiger partial charge in [0, 0.05) is 60.4 Å². The lowest BCUT2D eigenvalue weighted by molar-refractivity contribution is 0.264. The van der Waals surface area contributed by atoms with Crippen LogP contribution in [0.2, 0.25) is 0 Å². The molecule has 180 valence electrons. The van der Waals surface area contributed by atoms with Gasteiger partial charge in [0.2, 0.25) is 0 Å². The molecule has 1 fully saturated rings. The van der Waals surface area contributed by atoms with E-state index >= 15 is 0 Å². The molecule has 4 N–H and O–H groups in total. The Morgan fingerprint density at radius 3 is 2.51 bits per heavy atom. The SMILES string of the molecule is Cc1c(N)cccc1-c1ccc(-c2nccc3cc(CN4CC[C@H](N(C)C)C4)cnc23)c(N)c1C. The summed E-state index contributed by atoms with van der Waals surface area (Å²) in [5.74, 6) is 0. The van der Waals surface area contributed by atoms with Gasteiger partial charge < -0.3 is 16.4 Å². The Labute approximate surface area is 207 Å². The van der Waals surface area contributed by atoms with Gasteiger partial charge in [-0.25, -0.2) is 0 Å². The molecule has 0 bridgehead atoms. The first-order valence-electron chi connectivity index (χ1n) is 12.2. The molecular formula is C29H34N6. The largest absolute Gasteiger partial charge is 0.398 e. The predicted molar refractivity (Wildman–Crippen MR) is 146 cm³/mol. The summed E-state index contributed by atoms with van der Waals surface area (Å²) < 4.78 is 0. The molecule has 1 atom stereocenters. The minimum Gasteiger partial charge on any atom is -0.398 e. The van der Waals surface area contributed by atoms with Crippen LogP contribution in [0.1, 0.15) is 23.1 Å². The first kappa shape index (κ1) is 23.3. The predicted octanol–water partition coefficient (Wildman–Crippen LogP) is 4.88. The Bertz CT molecular complexity index is 1390. The minimum absolute atomic E-state index is 0.629. The molecule has 2 aromatic carbocycles. The molecule has 5 rings (SSSR count). The van der Waals surface area contributed by atoms with Gasteiger partial charge in [0.05, 0.1) is 11.2 Å². The molecule has 1 aliphatic rings. The van der Waals surface area contributed by atoms with Gasteiger partial charge in [-0.3, -0.25) is 14.9 Å². The zero-order valence-corrected chi connectivity index (χ0v) is 21.0. The maximum absolute atomic E-state index is 6.70. The molecule has 2 aromatic heterocycles. The summed E-state index contributed by atoms with van der Waals surface area (Å²) in [6.07, 6.45) is 5.06. The fourth-order valence-electron chi connectivity index (χ4n) is 5.20. The molecule has 1 aliphatic heterocycles. The number of anilines is 2. The van der Waals surface area contributed by atoms with E-state index < -0.39 is 0 Å². The number of hydrogen-bond donors (Lipinski definition) is 2. The van der Waals surface area contributed by atoms with Crippen LogP contribution < -0.4 is 11.5 Å². The molecule has 0 spiro atoms. The number of fused-ring (bicyclic) bond motifs is 1. The summed E-state index contributed by atoms with van der Waals surface area (Å²) >= 11 is 0. The van der Waals surface area contributed by atoms with E-state index in [-0.39, 0.29) is 0 Å². The van der Waals surface area contributed by atoms with Gasteiger partial charge in [0.25, 0.3) is 0 Å². The highest BCUT2D eigenvalue weighted by Crippen LogP contribution is 2.38. The molecule has 35 heavy (non-hydrogen) atoms. The third-order valence-corrected chi connectivity index (χ3v) is 7.48. The van der Waals surface area contributed by atoms with Crippen LogP contribution in [0.5, 0.6) is 0 Å². The van der Waals surface area contributed by atoms with Gasteiger partial charge in [-0.15, -0.1) is 0 Å². The van der Waals surface area contributed by atoms with Crippen molar-refractivity contribution in [2.45, 2.75) is 32.9 Å². The first-order chi connectivity index (χ1) is 16.8. The number of benzene rings is 2. The fourth-order valence-corrected chi connectivity index (χ4v) is 5.20. The standard InChI is InChI=1S/C29H34N6/c1-18-23(6-5-7-26(18)30)24-8-9-25(27(31)19(24)2)29-28-21(10-12-32-29)14-20(15-33-28)16-35-13-11-22(17-35)34(3)4/h5-10,12,14-15,22H,11,13,16-17,30-31H2,1-4H3/t22-/m0/s1. The van der Waals surface area contributed by atoms with E-state index in [9.17, 15) is 0 Å². The van der Waals surface area contributed by atoms with Crippen molar-refractivity contribution in [3.63, 3.8) is 0 Å². The number of nitrogens with two attached hydrogens (primary N) is 2. The van der Waals surface area contributed by atoms with Crippen LogP contribution in [0, 0.1) is 13.8 Å². The Morgan fingerprint density at radius 1 is 0.971 bits per heavy atom. The van der Waals surface area contributed by atoms with Gasteiger partial charge in [-0.1, -0.05) is 24.3 Å². The monoisotopic (exact) mass is 466 g/mol. The number of pyridine rings is 2. The van der Waals surface area contributed by atoms with Crippen molar-refractivity contribution in [2.75, 3.05) is 38.7 Å². The van der Waals surface area contributed by atoms with Crippen molar-refractivity contribution >= 4 is 22.3 Å². The van der Waals surface area contributed by atoms with Gasteiger partial charge in [0.15, 0.2) is 0 Å². The summed E-state index contributed by atoms with van der Waals surface area (Å²) in [7, 11) is 4.33. The van der Waals surface area contributed by atoms with E-state index in [4.69, 9.17) is 21.4 Å². The number of nitrogens with zero attached hydrogens (tertiary/aromatic N) is 4. The van der Waals surface area contributed by atoms with Crippen LogP contribution in [0.3, 0.4) is 0 Å². The van der Waals surface area contributed by atoms with E-state index in [2.05, 4.69) is 55.1 Å². The second-order valence-corrected chi connectivity index (χ2v) is 9.94. The summed E-state index contributed by atoms with van der Waals surface area (Å²) in [4.78, 5) is 14.4. The molecule has 4 aromatic rings. The number of likely N-dealkylation sites (N-methyl/N-ethyl adjacent to an activating group) is 1. The summed E-state index contributed by atoms with van der Waals surface area (Å²) in [6.45, 7) is 7.24. The summed E-state index contributed by atoms with van der Waals surface area (Å²) in [5.41, 5.74) is 22.5. The van der Waals surface area contributed by atoms with E-state index in [0.717, 1.165) is 75.4 Å². The lowest BCUT2D eigenvalue weighted by Crippen LogP contribution is -2.31. The first-order valence-corrected chi connectivity index (χ1v) is 12.2. The molecular weight excluding hydrogens is 432 g/mol. The lowest BCUT2D eigenvalue weighted by Gasteiger charge is -2.20. The molecule has 1 saturated heterocycles. The highest BCUT2D eigenvalue weighted by molar-refractivity contribution is 5.96. The zero-order chi connectivity index (χ0) is 24.7. The van der Waals surface area contributed by atoms with Crippen LogP contribution >= 0.6 is 0 Å². The number of rotatable bonds is 5. The van der Waals surface area contributed by atoms with Crippen molar-refractivity contribution in [3.05, 3.63) is 71.5 Å². The molecule has 3 heterocycles. The Hall–Kier alpha value is -3.48. The van der Waals surface area contributed by atoms with E-state index in [1.807, 2.05) is 37.5 Å². The number of nitrogen functional groups attached to an aromatic ring is 2. The Balaban J connectivity index is 1.48. The molecule has 6 nitrogen and oxygen atoms in total. The number of likely N-dealkylation sites (tertiary alicyclic amines) is 1. The van der Waals surface area contributed by atoms with E-state index in [1.165, 1.54) is 12.0 Å². The molecule has 0 unspecified atom stereocenters. The molecule has 0 aliphatic carbocycles. The smallest absolute Gasteiger partial charge is 0.0985 e. The third-order valence-electron chi connectivity index (χ3n) is 7.48. The molecule has 0 radical (unpaired) electrons. The second kappa shape index (κ2) is 9.29. The van der Waals surface area contributed by atoms with Gasteiger partial charge in [0.1, 0.15) is 0 Å². The third kappa shape index (κ3) is 4.35. The zero-order valence-electron chi connectivity index (χ0n) is 21.0. The van der Waals surface area contributed by atoms with Crippen LogP contribution in [0.25, 0.3) is 33.3 Å². The maximum Gasteiger partial charge on any atom is 0.0985 e. The average Bonchev–Trinajstić information content (AvgIpc) is 3.31.